The normalized spacial score (nSPS) is 11.8. The zero-order valence-corrected chi connectivity index (χ0v) is 18.6. The molecule has 1 amide bonds. The number of fused-ring (bicyclic) bond motifs is 1. The molecule has 1 atom stereocenters. The SMILES string of the molecule is CCC(OC(=O)c1ccc2nc(-c3ccccc3)[nH]c2c1)C(=O)Nc1cc(Cl)ccc1Cl. The average molecular weight is 468 g/mol. The highest BCUT2D eigenvalue weighted by atomic mass is 35.5. The first-order valence-electron chi connectivity index (χ1n) is 9.96. The number of anilines is 1. The molecule has 0 saturated heterocycles. The molecule has 4 aromatic rings. The number of halogens is 2. The fraction of sp³-hybridized carbons (Fsp3) is 0.125. The minimum Gasteiger partial charge on any atom is -0.449 e. The number of amides is 1. The predicted molar refractivity (Wildman–Crippen MR) is 126 cm³/mol. The molecule has 0 fully saturated rings. The number of nitrogens with zero attached hydrogens (tertiary/aromatic N) is 1. The Kier molecular flexibility index (Phi) is 6.44. The summed E-state index contributed by atoms with van der Waals surface area (Å²) in [6.45, 7) is 1.75. The average Bonchev–Trinajstić information content (AvgIpc) is 3.23. The summed E-state index contributed by atoms with van der Waals surface area (Å²) in [7, 11) is 0. The van der Waals surface area contributed by atoms with Crippen LogP contribution in [0.25, 0.3) is 22.4 Å². The lowest BCUT2D eigenvalue weighted by Gasteiger charge is -2.17. The highest BCUT2D eigenvalue weighted by Gasteiger charge is 2.23. The van der Waals surface area contributed by atoms with E-state index in [-0.39, 0.29) is 0 Å². The lowest BCUT2D eigenvalue weighted by Crippen LogP contribution is -2.32. The van der Waals surface area contributed by atoms with Crippen molar-refractivity contribution >= 4 is 51.8 Å². The number of esters is 1. The van der Waals surface area contributed by atoms with Crippen LogP contribution in [-0.2, 0) is 9.53 Å². The smallest absolute Gasteiger partial charge is 0.338 e. The van der Waals surface area contributed by atoms with Crippen molar-refractivity contribution in [2.75, 3.05) is 5.32 Å². The van der Waals surface area contributed by atoms with Crippen LogP contribution in [0.2, 0.25) is 10.0 Å². The first-order valence-corrected chi connectivity index (χ1v) is 10.7. The largest absolute Gasteiger partial charge is 0.449 e. The second-order valence-corrected chi connectivity index (χ2v) is 7.94. The summed E-state index contributed by atoms with van der Waals surface area (Å²) in [4.78, 5) is 33.1. The molecule has 0 aliphatic heterocycles. The number of rotatable bonds is 6. The molecule has 2 N–H and O–H groups in total. The van der Waals surface area contributed by atoms with E-state index < -0.39 is 18.0 Å². The van der Waals surface area contributed by atoms with Crippen molar-refractivity contribution in [3.05, 3.63) is 82.3 Å². The second kappa shape index (κ2) is 9.42. The predicted octanol–water partition coefficient (Wildman–Crippen LogP) is 6.11. The van der Waals surface area contributed by atoms with Crippen LogP contribution in [0.5, 0.6) is 0 Å². The lowest BCUT2D eigenvalue weighted by molar-refractivity contribution is -0.124. The van der Waals surface area contributed by atoms with Gasteiger partial charge in [0.25, 0.3) is 5.91 Å². The number of benzene rings is 3. The Morgan fingerprint density at radius 1 is 1.06 bits per heavy atom. The summed E-state index contributed by atoms with van der Waals surface area (Å²) < 4.78 is 5.47. The van der Waals surface area contributed by atoms with Gasteiger partial charge in [-0.05, 0) is 42.8 Å². The van der Waals surface area contributed by atoms with Gasteiger partial charge >= 0.3 is 5.97 Å². The molecule has 162 valence electrons. The molecule has 8 heteroatoms. The fourth-order valence-corrected chi connectivity index (χ4v) is 3.53. The zero-order chi connectivity index (χ0) is 22.7. The number of carbonyl (C=O) groups is 2. The Morgan fingerprint density at radius 3 is 2.59 bits per heavy atom. The van der Waals surface area contributed by atoms with Crippen molar-refractivity contribution in [2.24, 2.45) is 0 Å². The first kappa shape index (κ1) is 21.9. The third kappa shape index (κ3) is 4.77. The minimum atomic E-state index is -0.991. The molecule has 4 rings (SSSR count). The van der Waals surface area contributed by atoms with Crippen LogP contribution in [0.4, 0.5) is 5.69 Å². The number of aromatic amines is 1. The summed E-state index contributed by atoms with van der Waals surface area (Å²) in [6.07, 6.45) is -0.699. The summed E-state index contributed by atoms with van der Waals surface area (Å²) in [5.41, 5.74) is 3.02. The van der Waals surface area contributed by atoms with E-state index in [1.165, 1.54) is 6.07 Å². The van der Waals surface area contributed by atoms with Gasteiger partial charge in [0.2, 0.25) is 0 Å². The number of nitrogens with one attached hydrogen (secondary N) is 2. The van der Waals surface area contributed by atoms with Gasteiger partial charge in [-0.15, -0.1) is 0 Å². The van der Waals surface area contributed by atoms with Crippen molar-refractivity contribution in [2.45, 2.75) is 19.4 Å². The second-order valence-electron chi connectivity index (χ2n) is 7.10. The van der Waals surface area contributed by atoms with E-state index in [0.717, 1.165) is 11.1 Å². The number of H-pyrrole nitrogens is 1. The number of hydrogen-bond acceptors (Lipinski definition) is 4. The summed E-state index contributed by atoms with van der Waals surface area (Å²) >= 11 is 12.1. The Morgan fingerprint density at radius 2 is 1.84 bits per heavy atom. The maximum atomic E-state index is 12.7. The molecule has 0 aliphatic rings. The Balaban J connectivity index is 1.50. The van der Waals surface area contributed by atoms with E-state index in [1.807, 2.05) is 30.3 Å². The maximum absolute atomic E-state index is 12.7. The van der Waals surface area contributed by atoms with Crippen LogP contribution in [0, 0.1) is 0 Å². The van der Waals surface area contributed by atoms with Gasteiger partial charge in [0, 0.05) is 10.6 Å². The van der Waals surface area contributed by atoms with Crippen molar-refractivity contribution in [3.8, 4) is 11.4 Å². The topological polar surface area (TPSA) is 84.1 Å². The lowest BCUT2D eigenvalue weighted by atomic mass is 10.2. The molecule has 0 radical (unpaired) electrons. The van der Waals surface area contributed by atoms with Crippen LogP contribution in [0.3, 0.4) is 0 Å². The van der Waals surface area contributed by atoms with E-state index in [2.05, 4.69) is 15.3 Å². The van der Waals surface area contributed by atoms with Gasteiger partial charge in [-0.3, -0.25) is 4.79 Å². The van der Waals surface area contributed by atoms with Crippen molar-refractivity contribution < 1.29 is 14.3 Å². The number of carbonyl (C=O) groups excluding carboxylic acids is 2. The first-order chi connectivity index (χ1) is 15.4. The van der Waals surface area contributed by atoms with Crippen LogP contribution in [-0.4, -0.2) is 27.9 Å². The molecule has 1 unspecified atom stereocenters. The fourth-order valence-electron chi connectivity index (χ4n) is 3.20. The molecule has 1 aromatic heterocycles. The van der Waals surface area contributed by atoms with Gasteiger partial charge < -0.3 is 15.0 Å². The van der Waals surface area contributed by atoms with Crippen LogP contribution < -0.4 is 5.32 Å². The number of hydrogen-bond donors (Lipinski definition) is 2. The van der Waals surface area contributed by atoms with E-state index in [4.69, 9.17) is 27.9 Å². The van der Waals surface area contributed by atoms with Gasteiger partial charge in [0.05, 0.1) is 27.3 Å². The number of aromatic nitrogens is 2. The van der Waals surface area contributed by atoms with E-state index in [9.17, 15) is 9.59 Å². The number of imidazole rings is 1. The molecule has 0 saturated carbocycles. The third-order valence-corrected chi connectivity index (χ3v) is 5.43. The molecule has 1 heterocycles. The monoisotopic (exact) mass is 467 g/mol. The molecular weight excluding hydrogens is 449 g/mol. The van der Waals surface area contributed by atoms with E-state index >= 15 is 0 Å². The Labute approximate surface area is 194 Å². The van der Waals surface area contributed by atoms with Gasteiger partial charge in [-0.25, -0.2) is 9.78 Å². The van der Waals surface area contributed by atoms with Crippen LogP contribution >= 0.6 is 23.2 Å². The van der Waals surface area contributed by atoms with Crippen molar-refractivity contribution in [1.29, 1.82) is 0 Å². The Bertz CT molecular complexity index is 1290. The van der Waals surface area contributed by atoms with Gasteiger partial charge in [0.1, 0.15) is 5.82 Å². The maximum Gasteiger partial charge on any atom is 0.338 e. The standard InChI is InChI=1S/C24H19Cl2N3O3/c1-2-21(23(30)29-19-13-16(25)9-10-17(19)26)32-24(31)15-8-11-18-20(12-15)28-22(27-18)14-6-4-3-5-7-14/h3-13,21H,2H2,1H3,(H,27,28)(H,29,30). The molecule has 3 aromatic carbocycles. The highest BCUT2D eigenvalue weighted by Crippen LogP contribution is 2.26. The van der Waals surface area contributed by atoms with Crippen molar-refractivity contribution in [1.82, 2.24) is 9.97 Å². The summed E-state index contributed by atoms with van der Waals surface area (Å²) in [6, 6.07) is 19.4. The summed E-state index contributed by atoms with van der Waals surface area (Å²) in [5, 5.41) is 3.43. The van der Waals surface area contributed by atoms with Crippen LogP contribution in [0.15, 0.2) is 66.7 Å². The molecule has 6 nitrogen and oxygen atoms in total. The third-order valence-electron chi connectivity index (χ3n) is 4.86. The zero-order valence-electron chi connectivity index (χ0n) is 17.1. The minimum absolute atomic E-state index is 0.292. The quantitative estimate of drug-likeness (QED) is 0.335. The Hall–Kier alpha value is -3.35. The molecule has 0 aliphatic carbocycles. The molecular formula is C24H19Cl2N3O3. The summed E-state index contributed by atoms with van der Waals surface area (Å²) in [5.74, 6) is -0.392. The van der Waals surface area contributed by atoms with Gasteiger partial charge in [-0.2, -0.15) is 0 Å². The van der Waals surface area contributed by atoms with Gasteiger partial charge in [-0.1, -0.05) is 60.5 Å². The van der Waals surface area contributed by atoms with Gasteiger partial charge in [0.15, 0.2) is 6.10 Å². The molecule has 0 bridgehead atoms. The molecule has 0 spiro atoms. The highest BCUT2D eigenvalue weighted by molar-refractivity contribution is 6.35. The van der Waals surface area contributed by atoms with Crippen LogP contribution in [0.1, 0.15) is 23.7 Å². The van der Waals surface area contributed by atoms with E-state index in [0.29, 0.717) is 39.1 Å². The number of ether oxygens (including phenoxy) is 1. The van der Waals surface area contributed by atoms with Crippen molar-refractivity contribution in [3.63, 3.8) is 0 Å². The van der Waals surface area contributed by atoms with E-state index in [1.54, 1.807) is 37.3 Å². The molecule has 32 heavy (non-hydrogen) atoms.